The summed E-state index contributed by atoms with van der Waals surface area (Å²) in [7, 11) is 4.40. The molecule has 0 bridgehead atoms. The summed E-state index contributed by atoms with van der Waals surface area (Å²) in [4.78, 5) is 2.39. The van der Waals surface area contributed by atoms with Crippen LogP contribution < -0.4 is 5.32 Å². The third-order valence-corrected chi connectivity index (χ3v) is 5.35. The minimum atomic E-state index is 0.370. The van der Waals surface area contributed by atoms with Crippen molar-refractivity contribution < 1.29 is 5.11 Å². The monoisotopic (exact) mass is 274 g/mol. The van der Waals surface area contributed by atoms with Gasteiger partial charge in [0.05, 0.1) is 0 Å². The lowest BCUT2D eigenvalue weighted by atomic mass is 9.75. The molecule has 0 saturated heterocycles. The van der Waals surface area contributed by atoms with E-state index in [0.29, 0.717) is 17.3 Å². The number of likely N-dealkylation sites (N-methyl/N-ethyl adjacent to an activating group) is 1. The fraction of sp³-hybridized carbons (Fsp3) is 0.647. The van der Waals surface area contributed by atoms with Crippen LogP contribution in [0.15, 0.2) is 18.2 Å². The smallest absolute Gasteiger partial charge is 0.115 e. The van der Waals surface area contributed by atoms with E-state index in [2.05, 4.69) is 30.4 Å². The van der Waals surface area contributed by atoms with E-state index in [1.807, 2.05) is 12.1 Å². The predicted octanol–water partition coefficient (Wildman–Crippen LogP) is 2.84. The number of rotatable bonds is 4. The van der Waals surface area contributed by atoms with Gasteiger partial charge < -0.3 is 15.3 Å². The molecule has 0 radical (unpaired) electrons. The van der Waals surface area contributed by atoms with E-state index in [-0.39, 0.29) is 0 Å². The number of nitrogens with one attached hydrogen (secondary N) is 1. The molecule has 2 N–H and O–H groups in total. The van der Waals surface area contributed by atoms with Crippen LogP contribution in [0.1, 0.15) is 49.3 Å². The van der Waals surface area contributed by atoms with Crippen LogP contribution in [0.2, 0.25) is 0 Å². The molecule has 1 fully saturated rings. The highest BCUT2D eigenvalue weighted by atomic mass is 16.3. The molecule has 0 amide bonds. The zero-order chi connectivity index (χ0) is 14.2. The summed E-state index contributed by atoms with van der Waals surface area (Å²) in [6.07, 6.45) is 7.49. The van der Waals surface area contributed by atoms with Crippen molar-refractivity contribution in [2.24, 2.45) is 0 Å². The minimum Gasteiger partial charge on any atom is -0.508 e. The van der Waals surface area contributed by atoms with Gasteiger partial charge >= 0.3 is 0 Å². The quantitative estimate of drug-likeness (QED) is 0.886. The second-order valence-electron chi connectivity index (χ2n) is 6.68. The largest absolute Gasteiger partial charge is 0.508 e. The lowest BCUT2D eigenvalue weighted by molar-refractivity contribution is 0.0564. The molecule has 1 unspecified atom stereocenters. The molecule has 3 rings (SSSR count). The molecule has 20 heavy (non-hydrogen) atoms. The molecular weight excluding hydrogens is 248 g/mol. The minimum absolute atomic E-state index is 0.370. The van der Waals surface area contributed by atoms with Crippen molar-refractivity contribution in [3.63, 3.8) is 0 Å². The van der Waals surface area contributed by atoms with Crippen LogP contribution in [0, 0.1) is 0 Å². The summed E-state index contributed by atoms with van der Waals surface area (Å²) in [5.41, 5.74) is 3.08. The third-order valence-electron chi connectivity index (χ3n) is 5.35. The summed E-state index contributed by atoms with van der Waals surface area (Å²) < 4.78 is 0. The first-order valence-electron chi connectivity index (χ1n) is 7.83. The average Bonchev–Trinajstić information content (AvgIpc) is 2.36. The van der Waals surface area contributed by atoms with E-state index in [9.17, 15) is 5.11 Å². The number of hydrogen-bond acceptors (Lipinski definition) is 3. The number of phenolic OH excluding ortho intramolecular Hbond substituents is 1. The van der Waals surface area contributed by atoms with Gasteiger partial charge in [-0.05, 0) is 75.9 Å². The van der Waals surface area contributed by atoms with Crippen molar-refractivity contribution in [2.45, 2.75) is 50.1 Å². The van der Waals surface area contributed by atoms with Crippen LogP contribution in [0.4, 0.5) is 0 Å². The Labute approximate surface area is 122 Å². The molecule has 3 heteroatoms. The molecule has 0 aliphatic heterocycles. The van der Waals surface area contributed by atoms with Crippen LogP contribution in [0.3, 0.4) is 0 Å². The summed E-state index contributed by atoms with van der Waals surface area (Å²) in [5, 5.41) is 13.4. The standard InChI is InChI=1S/C17H26N2O/c1-19(2)17(9-4-10-17)12-18-16-6-3-5-13-11-14(20)7-8-15(13)16/h7-8,11,16,18,20H,3-6,9-10,12H2,1-2H3. The molecular formula is C17H26N2O. The number of aromatic hydroxyl groups is 1. The highest BCUT2D eigenvalue weighted by Gasteiger charge is 2.39. The van der Waals surface area contributed by atoms with Gasteiger partial charge in [0.2, 0.25) is 0 Å². The Hall–Kier alpha value is -1.06. The van der Waals surface area contributed by atoms with Gasteiger partial charge in [0, 0.05) is 18.1 Å². The Bertz CT molecular complexity index is 480. The van der Waals surface area contributed by atoms with Gasteiger partial charge in [-0.1, -0.05) is 6.07 Å². The molecule has 1 saturated carbocycles. The van der Waals surface area contributed by atoms with E-state index in [0.717, 1.165) is 13.0 Å². The molecule has 0 spiro atoms. The summed E-state index contributed by atoms with van der Waals surface area (Å²) in [5.74, 6) is 0.396. The first-order valence-corrected chi connectivity index (χ1v) is 7.83. The fourth-order valence-corrected chi connectivity index (χ4v) is 3.69. The molecule has 2 aliphatic carbocycles. The zero-order valence-corrected chi connectivity index (χ0v) is 12.7. The topological polar surface area (TPSA) is 35.5 Å². The van der Waals surface area contributed by atoms with Gasteiger partial charge in [-0.15, -0.1) is 0 Å². The van der Waals surface area contributed by atoms with E-state index >= 15 is 0 Å². The number of benzene rings is 1. The average molecular weight is 274 g/mol. The maximum atomic E-state index is 9.63. The normalized spacial score (nSPS) is 24.2. The SMILES string of the molecule is CN(C)C1(CNC2CCCc3cc(O)ccc32)CCC1. The molecule has 110 valence electrons. The molecule has 1 atom stereocenters. The van der Waals surface area contributed by atoms with Crippen molar-refractivity contribution in [1.29, 1.82) is 0 Å². The molecule has 0 heterocycles. The zero-order valence-electron chi connectivity index (χ0n) is 12.7. The van der Waals surface area contributed by atoms with Crippen molar-refractivity contribution in [3.8, 4) is 5.75 Å². The highest BCUT2D eigenvalue weighted by Crippen LogP contribution is 2.37. The van der Waals surface area contributed by atoms with Crippen molar-refractivity contribution in [1.82, 2.24) is 10.2 Å². The maximum Gasteiger partial charge on any atom is 0.115 e. The van der Waals surface area contributed by atoms with Crippen LogP contribution in [0.25, 0.3) is 0 Å². The predicted molar refractivity (Wildman–Crippen MR) is 82.1 cm³/mol. The van der Waals surface area contributed by atoms with Crippen molar-refractivity contribution in [2.75, 3.05) is 20.6 Å². The Balaban J connectivity index is 1.70. The van der Waals surface area contributed by atoms with Crippen molar-refractivity contribution >= 4 is 0 Å². The summed E-state index contributed by atoms with van der Waals surface area (Å²) in [6.45, 7) is 1.07. The first-order chi connectivity index (χ1) is 9.61. The van der Waals surface area contributed by atoms with E-state index in [4.69, 9.17) is 0 Å². The molecule has 1 aromatic rings. The van der Waals surface area contributed by atoms with E-state index < -0.39 is 0 Å². The summed E-state index contributed by atoms with van der Waals surface area (Å²) in [6, 6.07) is 6.32. The second-order valence-corrected chi connectivity index (χ2v) is 6.68. The van der Waals surface area contributed by atoms with E-state index in [1.165, 1.54) is 43.2 Å². The number of phenols is 1. The van der Waals surface area contributed by atoms with Gasteiger partial charge in [0.25, 0.3) is 0 Å². The molecule has 2 aliphatic rings. The molecule has 3 nitrogen and oxygen atoms in total. The first kappa shape index (κ1) is 13.9. The number of nitrogens with zero attached hydrogens (tertiary/aromatic N) is 1. The van der Waals surface area contributed by atoms with Crippen LogP contribution in [-0.2, 0) is 6.42 Å². The fourth-order valence-electron chi connectivity index (χ4n) is 3.69. The number of fused-ring (bicyclic) bond motifs is 1. The van der Waals surface area contributed by atoms with Gasteiger partial charge in [-0.3, -0.25) is 0 Å². The van der Waals surface area contributed by atoms with Crippen LogP contribution in [0.5, 0.6) is 5.75 Å². The Morgan fingerprint density at radius 3 is 2.75 bits per heavy atom. The van der Waals surface area contributed by atoms with Crippen molar-refractivity contribution in [3.05, 3.63) is 29.3 Å². The lowest BCUT2D eigenvalue weighted by Crippen LogP contribution is -2.56. The van der Waals surface area contributed by atoms with E-state index in [1.54, 1.807) is 0 Å². The molecule has 0 aromatic heterocycles. The number of hydrogen-bond donors (Lipinski definition) is 2. The van der Waals surface area contributed by atoms with Gasteiger partial charge in [0.1, 0.15) is 5.75 Å². The van der Waals surface area contributed by atoms with Crippen LogP contribution in [-0.4, -0.2) is 36.2 Å². The van der Waals surface area contributed by atoms with Gasteiger partial charge in [-0.2, -0.15) is 0 Å². The highest BCUT2D eigenvalue weighted by molar-refractivity contribution is 5.38. The van der Waals surface area contributed by atoms with Gasteiger partial charge in [0.15, 0.2) is 0 Å². The van der Waals surface area contributed by atoms with Crippen LogP contribution >= 0.6 is 0 Å². The third kappa shape index (κ3) is 2.45. The van der Waals surface area contributed by atoms with Gasteiger partial charge in [-0.25, -0.2) is 0 Å². The molecule has 1 aromatic carbocycles. The maximum absolute atomic E-state index is 9.63. The Morgan fingerprint density at radius 2 is 2.10 bits per heavy atom. The second kappa shape index (κ2) is 5.38. The lowest BCUT2D eigenvalue weighted by Gasteiger charge is -2.48. The number of aryl methyl sites for hydroxylation is 1. The Kier molecular flexibility index (Phi) is 3.74. The summed E-state index contributed by atoms with van der Waals surface area (Å²) >= 11 is 0. The Morgan fingerprint density at radius 1 is 1.30 bits per heavy atom.